The fourth-order valence-electron chi connectivity index (χ4n) is 2.30. The standard InChI is InChI=1S/C17H24N2O/c1-6-17(3,4)19(5)16(20)10-13-11-18-15-9-12(2)7-8-14(13)15/h7-9,11,18H,6,10H2,1-5H3. The van der Waals surface area contributed by atoms with Crippen LogP contribution in [0.15, 0.2) is 24.4 Å². The van der Waals surface area contributed by atoms with Crippen molar-refractivity contribution in [1.29, 1.82) is 0 Å². The number of amides is 1. The molecule has 1 heterocycles. The van der Waals surface area contributed by atoms with Crippen molar-refractivity contribution < 1.29 is 4.79 Å². The van der Waals surface area contributed by atoms with Gasteiger partial charge in [-0.15, -0.1) is 0 Å². The van der Waals surface area contributed by atoms with Crippen molar-refractivity contribution in [2.75, 3.05) is 7.05 Å². The summed E-state index contributed by atoms with van der Waals surface area (Å²) >= 11 is 0. The number of H-pyrrole nitrogens is 1. The number of hydrogen-bond acceptors (Lipinski definition) is 1. The fraction of sp³-hybridized carbons (Fsp3) is 0.471. The lowest BCUT2D eigenvalue weighted by Crippen LogP contribution is -2.45. The average Bonchev–Trinajstić information content (AvgIpc) is 2.80. The molecule has 2 aromatic rings. The Labute approximate surface area is 121 Å². The van der Waals surface area contributed by atoms with Crippen molar-refractivity contribution in [3.05, 3.63) is 35.5 Å². The van der Waals surface area contributed by atoms with Gasteiger partial charge in [-0.25, -0.2) is 0 Å². The number of aromatic nitrogens is 1. The second kappa shape index (κ2) is 5.31. The Kier molecular flexibility index (Phi) is 3.89. The van der Waals surface area contributed by atoms with Gasteiger partial charge in [-0.3, -0.25) is 4.79 Å². The molecule has 0 spiro atoms. The van der Waals surface area contributed by atoms with Crippen LogP contribution in [0.4, 0.5) is 0 Å². The van der Waals surface area contributed by atoms with E-state index >= 15 is 0 Å². The molecule has 2 rings (SSSR count). The van der Waals surface area contributed by atoms with Crippen molar-refractivity contribution in [1.82, 2.24) is 9.88 Å². The highest BCUT2D eigenvalue weighted by Gasteiger charge is 2.25. The van der Waals surface area contributed by atoms with Gasteiger partial charge >= 0.3 is 0 Å². The highest BCUT2D eigenvalue weighted by atomic mass is 16.2. The number of hydrogen-bond donors (Lipinski definition) is 1. The van der Waals surface area contributed by atoms with Gasteiger partial charge in [0.25, 0.3) is 0 Å². The van der Waals surface area contributed by atoms with Crippen LogP contribution in [0.25, 0.3) is 10.9 Å². The molecule has 0 aliphatic rings. The molecule has 108 valence electrons. The Hall–Kier alpha value is -1.77. The molecule has 3 nitrogen and oxygen atoms in total. The summed E-state index contributed by atoms with van der Waals surface area (Å²) in [4.78, 5) is 17.6. The van der Waals surface area contributed by atoms with Gasteiger partial charge in [-0.2, -0.15) is 0 Å². The highest BCUT2D eigenvalue weighted by Crippen LogP contribution is 2.22. The predicted molar refractivity (Wildman–Crippen MR) is 83.9 cm³/mol. The minimum atomic E-state index is -0.0974. The lowest BCUT2D eigenvalue weighted by atomic mass is 9.99. The third-order valence-electron chi connectivity index (χ3n) is 4.41. The summed E-state index contributed by atoms with van der Waals surface area (Å²) in [6.45, 7) is 8.38. The molecule has 1 amide bonds. The van der Waals surface area contributed by atoms with Crippen molar-refractivity contribution in [2.24, 2.45) is 0 Å². The van der Waals surface area contributed by atoms with E-state index in [1.807, 2.05) is 18.1 Å². The van der Waals surface area contributed by atoms with Crippen LogP contribution >= 0.6 is 0 Å². The van der Waals surface area contributed by atoms with E-state index < -0.39 is 0 Å². The zero-order valence-corrected chi connectivity index (χ0v) is 13.1. The number of carbonyl (C=O) groups excluding carboxylic acids is 1. The van der Waals surface area contributed by atoms with E-state index in [0.29, 0.717) is 6.42 Å². The highest BCUT2D eigenvalue weighted by molar-refractivity contribution is 5.89. The minimum Gasteiger partial charge on any atom is -0.361 e. The van der Waals surface area contributed by atoms with Crippen LogP contribution in [0.2, 0.25) is 0 Å². The SMILES string of the molecule is CCC(C)(C)N(C)C(=O)Cc1c[nH]c2cc(C)ccc12. The summed E-state index contributed by atoms with van der Waals surface area (Å²) in [7, 11) is 1.89. The van der Waals surface area contributed by atoms with Gasteiger partial charge in [-0.1, -0.05) is 19.1 Å². The van der Waals surface area contributed by atoms with E-state index in [1.165, 1.54) is 5.56 Å². The van der Waals surface area contributed by atoms with Crippen molar-refractivity contribution >= 4 is 16.8 Å². The van der Waals surface area contributed by atoms with Gasteiger partial charge in [-0.05, 0) is 44.4 Å². The molecule has 0 aliphatic heterocycles. The maximum absolute atomic E-state index is 12.4. The lowest BCUT2D eigenvalue weighted by molar-refractivity contribution is -0.133. The van der Waals surface area contributed by atoms with Crippen molar-refractivity contribution in [2.45, 2.75) is 46.1 Å². The first kappa shape index (κ1) is 14.6. The number of rotatable bonds is 4. The fourth-order valence-corrected chi connectivity index (χ4v) is 2.30. The largest absolute Gasteiger partial charge is 0.361 e. The quantitative estimate of drug-likeness (QED) is 0.905. The van der Waals surface area contributed by atoms with Crippen LogP contribution in [0, 0.1) is 6.92 Å². The zero-order valence-electron chi connectivity index (χ0n) is 13.1. The maximum Gasteiger partial charge on any atom is 0.227 e. The number of aromatic amines is 1. The molecule has 0 atom stereocenters. The Morgan fingerprint density at radius 1 is 1.35 bits per heavy atom. The number of nitrogens with zero attached hydrogens (tertiary/aromatic N) is 1. The summed E-state index contributed by atoms with van der Waals surface area (Å²) in [6, 6.07) is 6.29. The number of benzene rings is 1. The van der Waals surface area contributed by atoms with Crippen LogP contribution in [0.3, 0.4) is 0 Å². The first-order valence-electron chi connectivity index (χ1n) is 7.18. The number of aryl methyl sites for hydroxylation is 1. The molecule has 3 heteroatoms. The maximum atomic E-state index is 12.4. The topological polar surface area (TPSA) is 36.1 Å². The molecule has 0 fully saturated rings. The van der Waals surface area contributed by atoms with Gasteiger partial charge < -0.3 is 9.88 Å². The summed E-state index contributed by atoms with van der Waals surface area (Å²) in [5.74, 6) is 0.165. The van der Waals surface area contributed by atoms with Gasteiger partial charge in [0.1, 0.15) is 0 Å². The lowest BCUT2D eigenvalue weighted by Gasteiger charge is -2.35. The molecule has 0 radical (unpaired) electrons. The minimum absolute atomic E-state index is 0.0974. The third-order valence-corrected chi connectivity index (χ3v) is 4.41. The molecule has 0 saturated carbocycles. The van der Waals surface area contributed by atoms with Gasteiger partial charge in [0, 0.05) is 29.7 Å². The summed E-state index contributed by atoms with van der Waals surface area (Å²) in [5.41, 5.74) is 3.30. The van der Waals surface area contributed by atoms with E-state index in [-0.39, 0.29) is 11.4 Å². The van der Waals surface area contributed by atoms with Gasteiger partial charge in [0.05, 0.1) is 6.42 Å². The predicted octanol–water partition coefficient (Wildman–Crippen LogP) is 3.67. The molecule has 0 bridgehead atoms. The van der Waals surface area contributed by atoms with Crippen LogP contribution in [0.5, 0.6) is 0 Å². The van der Waals surface area contributed by atoms with E-state index in [4.69, 9.17) is 0 Å². The number of carbonyl (C=O) groups is 1. The number of nitrogens with one attached hydrogen (secondary N) is 1. The Bertz CT molecular complexity index is 625. The molecule has 1 aromatic carbocycles. The van der Waals surface area contributed by atoms with E-state index in [2.05, 4.69) is 50.9 Å². The second-order valence-electron chi connectivity index (χ2n) is 6.16. The van der Waals surface area contributed by atoms with Crippen molar-refractivity contribution in [3.8, 4) is 0 Å². The first-order chi connectivity index (χ1) is 9.35. The zero-order chi connectivity index (χ0) is 14.9. The van der Waals surface area contributed by atoms with Crippen molar-refractivity contribution in [3.63, 3.8) is 0 Å². The van der Waals surface area contributed by atoms with Crippen LogP contribution in [0.1, 0.15) is 38.3 Å². The van der Waals surface area contributed by atoms with Gasteiger partial charge in [0.15, 0.2) is 0 Å². The first-order valence-corrected chi connectivity index (χ1v) is 7.18. The van der Waals surface area contributed by atoms with Crippen LogP contribution in [-0.2, 0) is 11.2 Å². The van der Waals surface area contributed by atoms with Gasteiger partial charge in [0.2, 0.25) is 5.91 Å². The molecule has 0 aliphatic carbocycles. The Balaban J connectivity index is 2.22. The number of likely N-dealkylation sites (N-methyl/N-ethyl adjacent to an activating group) is 1. The van der Waals surface area contributed by atoms with Crippen LogP contribution < -0.4 is 0 Å². The second-order valence-corrected chi connectivity index (χ2v) is 6.16. The third kappa shape index (κ3) is 2.72. The van der Waals surface area contributed by atoms with E-state index in [1.54, 1.807) is 0 Å². The monoisotopic (exact) mass is 272 g/mol. The smallest absolute Gasteiger partial charge is 0.227 e. The molecule has 1 N–H and O–H groups in total. The normalized spacial score (nSPS) is 11.8. The molecule has 1 aromatic heterocycles. The summed E-state index contributed by atoms with van der Waals surface area (Å²) < 4.78 is 0. The molecule has 0 saturated heterocycles. The molecular weight excluding hydrogens is 248 g/mol. The molecule has 0 unspecified atom stereocenters. The number of fused-ring (bicyclic) bond motifs is 1. The molecular formula is C17H24N2O. The van der Waals surface area contributed by atoms with Crippen LogP contribution in [-0.4, -0.2) is 28.4 Å². The van der Waals surface area contributed by atoms with E-state index in [0.717, 1.165) is 22.9 Å². The molecule has 20 heavy (non-hydrogen) atoms. The Morgan fingerprint density at radius 3 is 2.70 bits per heavy atom. The Morgan fingerprint density at radius 2 is 2.05 bits per heavy atom. The summed E-state index contributed by atoms with van der Waals surface area (Å²) in [6.07, 6.45) is 3.35. The summed E-state index contributed by atoms with van der Waals surface area (Å²) in [5, 5.41) is 1.15. The van der Waals surface area contributed by atoms with E-state index in [9.17, 15) is 4.79 Å². The average molecular weight is 272 g/mol.